The van der Waals surface area contributed by atoms with Crippen LogP contribution in [0.15, 0.2) is 30.6 Å². The lowest BCUT2D eigenvalue weighted by Gasteiger charge is -1.95. The average Bonchev–Trinajstić information content (AvgIpc) is 1.90. The first kappa shape index (κ1) is 6.23. The van der Waals surface area contributed by atoms with Crippen molar-refractivity contribution in [2.24, 2.45) is 0 Å². The Morgan fingerprint density at radius 2 is 1.78 bits per heavy atom. The van der Waals surface area contributed by atoms with Gasteiger partial charge in [0.15, 0.2) is 12.4 Å². The van der Waals surface area contributed by atoms with Crippen molar-refractivity contribution >= 4 is 0 Å². The summed E-state index contributed by atoms with van der Waals surface area (Å²) < 4.78 is 1.72. The summed E-state index contributed by atoms with van der Waals surface area (Å²) >= 11 is 0. The van der Waals surface area contributed by atoms with Gasteiger partial charge in [0.2, 0.25) is 0 Å². The summed E-state index contributed by atoms with van der Waals surface area (Å²) in [5.41, 5.74) is 0. The van der Waals surface area contributed by atoms with E-state index in [1.807, 2.05) is 30.6 Å². The highest BCUT2D eigenvalue weighted by Crippen LogP contribution is 1.84. The number of rotatable bonds is 1. The number of aliphatic hydroxyl groups excluding tert-OH is 1. The second-order valence-electron chi connectivity index (χ2n) is 1.95. The molecule has 0 aliphatic rings. The van der Waals surface area contributed by atoms with Crippen molar-refractivity contribution in [3.8, 4) is 0 Å². The number of aliphatic hydroxyl groups is 1. The first-order valence-electron chi connectivity index (χ1n) is 2.94. The standard InChI is InChI=1S/C7H10NO/c1-7(9)8-5-3-2-4-6-8/h2-7,9H,1H3/q+1. The Labute approximate surface area is 54.4 Å². The Morgan fingerprint density at radius 1 is 1.22 bits per heavy atom. The lowest BCUT2D eigenvalue weighted by molar-refractivity contribution is -0.755. The summed E-state index contributed by atoms with van der Waals surface area (Å²) in [6.45, 7) is 1.72. The van der Waals surface area contributed by atoms with E-state index in [9.17, 15) is 0 Å². The van der Waals surface area contributed by atoms with Crippen molar-refractivity contribution in [1.82, 2.24) is 0 Å². The second kappa shape index (κ2) is 2.60. The molecule has 1 heterocycles. The van der Waals surface area contributed by atoms with Gasteiger partial charge in [0.25, 0.3) is 6.23 Å². The highest BCUT2D eigenvalue weighted by molar-refractivity contribution is 4.83. The molecule has 9 heavy (non-hydrogen) atoms. The highest BCUT2D eigenvalue weighted by atomic mass is 16.3. The van der Waals surface area contributed by atoms with Crippen molar-refractivity contribution in [2.45, 2.75) is 13.2 Å². The van der Waals surface area contributed by atoms with Crippen LogP contribution in [0.1, 0.15) is 13.2 Å². The Kier molecular flexibility index (Phi) is 1.80. The van der Waals surface area contributed by atoms with Gasteiger partial charge in [0, 0.05) is 19.1 Å². The number of nitrogens with zero attached hydrogens (tertiary/aromatic N) is 1. The predicted octanol–water partition coefficient (Wildman–Crippen LogP) is 0.485. The van der Waals surface area contributed by atoms with Gasteiger partial charge >= 0.3 is 0 Å². The van der Waals surface area contributed by atoms with Crippen LogP contribution in [0.2, 0.25) is 0 Å². The van der Waals surface area contributed by atoms with Crippen LogP contribution in [0.25, 0.3) is 0 Å². The van der Waals surface area contributed by atoms with E-state index in [1.54, 1.807) is 11.5 Å². The molecule has 2 heteroatoms. The largest absolute Gasteiger partial charge is 0.337 e. The molecular weight excluding hydrogens is 114 g/mol. The maximum absolute atomic E-state index is 8.99. The Bertz CT molecular complexity index is 172. The van der Waals surface area contributed by atoms with Gasteiger partial charge in [-0.05, 0) is 0 Å². The molecule has 1 atom stereocenters. The zero-order valence-corrected chi connectivity index (χ0v) is 5.36. The van der Waals surface area contributed by atoms with E-state index >= 15 is 0 Å². The minimum absolute atomic E-state index is 0.425. The van der Waals surface area contributed by atoms with Gasteiger partial charge in [-0.15, -0.1) is 0 Å². The molecule has 1 unspecified atom stereocenters. The SMILES string of the molecule is CC(O)[n+]1ccccc1. The van der Waals surface area contributed by atoms with Crippen LogP contribution < -0.4 is 4.57 Å². The van der Waals surface area contributed by atoms with Crippen molar-refractivity contribution in [1.29, 1.82) is 0 Å². The fourth-order valence-electron chi connectivity index (χ4n) is 0.661. The third-order valence-corrected chi connectivity index (χ3v) is 1.17. The molecule has 0 spiro atoms. The summed E-state index contributed by atoms with van der Waals surface area (Å²) in [5, 5.41) is 8.99. The van der Waals surface area contributed by atoms with Gasteiger partial charge in [-0.2, -0.15) is 4.57 Å². The monoisotopic (exact) mass is 124 g/mol. The molecular formula is C7H10NO+. The van der Waals surface area contributed by atoms with Crippen LogP contribution >= 0.6 is 0 Å². The van der Waals surface area contributed by atoms with E-state index in [4.69, 9.17) is 5.11 Å². The summed E-state index contributed by atoms with van der Waals surface area (Å²) in [6, 6.07) is 5.68. The van der Waals surface area contributed by atoms with Crippen molar-refractivity contribution in [2.75, 3.05) is 0 Å². The van der Waals surface area contributed by atoms with E-state index in [2.05, 4.69) is 0 Å². The minimum Gasteiger partial charge on any atom is -0.337 e. The Balaban J connectivity index is 2.85. The van der Waals surface area contributed by atoms with Gasteiger partial charge in [0.1, 0.15) is 0 Å². The van der Waals surface area contributed by atoms with E-state index in [1.165, 1.54) is 0 Å². The second-order valence-corrected chi connectivity index (χ2v) is 1.95. The summed E-state index contributed by atoms with van der Waals surface area (Å²) in [5.74, 6) is 0. The van der Waals surface area contributed by atoms with Gasteiger partial charge in [-0.1, -0.05) is 6.07 Å². The molecule has 2 nitrogen and oxygen atoms in total. The van der Waals surface area contributed by atoms with Gasteiger partial charge < -0.3 is 5.11 Å². The zero-order chi connectivity index (χ0) is 6.69. The van der Waals surface area contributed by atoms with Crippen LogP contribution in [0.5, 0.6) is 0 Å². The third kappa shape index (κ3) is 1.50. The maximum Gasteiger partial charge on any atom is 0.257 e. The van der Waals surface area contributed by atoms with Crippen LogP contribution in [-0.2, 0) is 0 Å². The lowest BCUT2D eigenvalue weighted by Crippen LogP contribution is -2.36. The van der Waals surface area contributed by atoms with Crippen molar-refractivity contribution in [3.63, 3.8) is 0 Å². The van der Waals surface area contributed by atoms with E-state index in [0.717, 1.165) is 0 Å². The Hall–Kier alpha value is -0.890. The Morgan fingerprint density at radius 3 is 2.11 bits per heavy atom. The molecule has 0 aliphatic heterocycles. The molecule has 0 radical (unpaired) electrons. The zero-order valence-electron chi connectivity index (χ0n) is 5.36. The highest BCUT2D eigenvalue weighted by Gasteiger charge is 2.02. The number of aromatic nitrogens is 1. The van der Waals surface area contributed by atoms with Crippen molar-refractivity contribution < 1.29 is 9.67 Å². The van der Waals surface area contributed by atoms with Crippen LogP contribution in [-0.4, -0.2) is 5.11 Å². The third-order valence-electron chi connectivity index (χ3n) is 1.17. The first-order chi connectivity index (χ1) is 4.30. The van der Waals surface area contributed by atoms with Crippen molar-refractivity contribution in [3.05, 3.63) is 30.6 Å². The molecule has 0 amide bonds. The molecule has 0 saturated heterocycles. The number of pyridine rings is 1. The molecule has 0 bridgehead atoms. The van der Waals surface area contributed by atoms with Gasteiger partial charge in [-0.25, -0.2) is 0 Å². The van der Waals surface area contributed by atoms with Crippen LogP contribution in [0.4, 0.5) is 0 Å². The molecule has 48 valence electrons. The molecule has 1 rings (SSSR count). The molecule has 0 saturated carbocycles. The molecule has 1 N–H and O–H groups in total. The minimum atomic E-state index is -0.425. The fourth-order valence-corrected chi connectivity index (χ4v) is 0.661. The van der Waals surface area contributed by atoms with E-state index in [0.29, 0.717) is 0 Å². The maximum atomic E-state index is 8.99. The lowest BCUT2D eigenvalue weighted by atomic mass is 10.5. The number of hydrogen-bond acceptors (Lipinski definition) is 1. The summed E-state index contributed by atoms with van der Waals surface area (Å²) in [7, 11) is 0. The smallest absolute Gasteiger partial charge is 0.257 e. The van der Waals surface area contributed by atoms with Crippen LogP contribution in [0, 0.1) is 0 Å². The topological polar surface area (TPSA) is 24.1 Å². The van der Waals surface area contributed by atoms with E-state index < -0.39 is 6.23 Å². The summed E-state index contributed by atoms with van der Waals surface area (Å²) in [6.07, 6.45) is 3.22. The quantitative estimate of drug-likeness (QED) is 0.541. The van der Waals surface area contributed by atoms with E-state index in [-0.39, 0.29) is 0 Å². The number of hydrogen-bond donors (Lipinski definition) is 1. The molecule has 0 aromatic carbocycles. The molecule has 1 aromatic rings. The first-order valence-corrected chi connectivity index (χ1v) is 2.94. The van der Waals surface area contributed by atoms with Crippen LogP contribution in [0.3, 0.4) is 0 Å². The normalized spacial score (nSPS) is 13.1. The molecule has 0 fully saturated rings. The molecule has 1 aromatic heterocycles. The van der Waals surface area contributed by atoms with Gasteiger partial charge in [-0.3, -0.25) is 0 Å². The average molecular weight is 124 g/mol. The molecule has 0 aliphatic carbocycles. The van der Waals surface area contributed by atoms with Gasteiger partial charge in [0.05, 0.1) is 0 Å². The fraction of sp³-hybridized carbons (Fsp3) is 0.286. The summed E-state index contributed by atoms with van der Waals surface area (Å²) in [4.78, 5) is 0. The predicted molar refractivity (Wildman–Crippen MR) is 33.6 cm³/mol.